The second-order valence-corrected chi connectivity index (χ2v) is 3.78. The van der Waals surface area contributed by atoms with E-state index in [2.05, 4.69) is 20.9 Å². The molecule has 6 heteroatoms. The molecule has 3 nitrogen and oxygen atoms in total. The third-order valence-electron chi connectivity index (χ3n) is 1.85. The maximum absolute atomic E-state index is 12.5. The Morgan fingerprint density at radius 1 is 1.56 bits per heavy atom. The molecule has 88 valence electrons. The Balaban J connectivity index is 2.89. The van der Waals surface area contributed by atoms with Gasteiger partial charge >= 0.3 is 5.97 Å². The van der Waals surface area contributed by atoms with Gasteiger partial charge in [0.1, 0.15) is 0 Å². The standard InChI is InChI=1S/C10H10BrF2NO2/c1-2-16-8(15)3-6-4-14-5-7(9(6)11)10(12)13/h4-5,10H,2-3H2,1H3. The molecule has 0 saturated carbocycles. The van der Waals surface area contributed by atoms with Gasteiger partial charge in [0.15, 0.2) is 0 Å². The molecule has 0 radical (unpaired) electrons. The van der Waals surface area contributed by atoms with Crippen molar-refractivity contribution < 1.29 is 18.3 Å². The number of aromatic nitrogens is 1. The summed E-state index contributed by atoms with van der Waals surface area (Å²) in [5.74, 6) is -0.462. The Morgan fingerprint density at radius 2 is 2.25 bits per heavy atom. The Morgan fingerprint density at radius 3 is 2.81 bits per heavy atom. The van der Waals surface area contributed by atoms with Crippen LogP contribution in [0, 0.1) is 0 Å². The van der Waals surface area contributed by atoms with Crippen molar-refractivity contribution in [2.45, 2.75) is 19.8 Å². The second kappa shape index (κ2) is 5.89. The first kappa shape index (κ1) is 13.0. The quantitative estimate of drug-likeness (QED) is 0.802. The van der Waals surface area contributed by atoms with E-state index in [4.69, 9.17) is 4.74 Å². The maximum atomic E-state index is 12.5. The molecule has 0 N–H and O–H groups in total. The molecule has 0 unspecified atom stereocenters. The number of alkyl halides is 2. The lowest BCUT2D eigenvalue weighted by Crippen LogP contribution is -2.09. The first-order valence-corrected chi connectivity index (χ1v) is 5.41. The van der Waals surface area contributed by atoms with E-state index >= 15 is 0 Å². The molecule has 1 aromatic rings. The number of carbonyl (C=O) groups is 1. The minimum absolute atomic E-state index is 0.0675. The summed E-state index contributed by atoms with van der Waals surface area (Å²) in [6.45, 7) is 1.94. The number of pyridine rings is 1. The molecule has 0 aliphatic carbocycles. The van der Waals surface area contributed by atoms with E-state index in [-0.39, 0.29) is 23.1 Å². The molecule has 0 bridgehead atoms. The van der Waals surface area contributed by atoms with Gasteiger partial charge in [-0.1, -0.05) is 0 Å². The molecule has 0 atom stereocenters. The highest BCUT2D eigenvalue weighted by molar-refractivity contribution is 9.10. The van der Waals surface area contributed by atoms with Crippen LogP contribution in [0.5, 0.6) is 0 Å². The average molecular weight is 294 g/mol. The number of esters is 1. The number of ether oxygens (including phenoxy) is 1. The van der Waals surface area contributed by atoms with E-state index in [1.54, 1.807) is 6.92 Å². The van der Waals surface area contributed by atoms with Gasteiger partial charge in [0.25, 0.3) is 6.43 Å². The van der Waals surface area contributed by atoms with Gasteiger partial charge in [0.2, 0.25) is 0 Å². The van der Waals surface area contributed by atoms with Gasteiger partial charge in [-0.3, -0.25) is 9.78 Å². The number of carbonyl (C=O) groups excluding carboxylic acids is 1. The topological polar surface area (TPSA) is 39.2 Å². The van der Waals surface area contributed by atoms with Crippen LogP contribution in [-0.2, 0) is 16.0 Å². The third-order valence-corrected chi connectivity index (χ3v) is 2.82. The lowest BCUT2D eigenvalue weighted by atomic mass is 10.1. The van der Waals surface area contributed by atoms with Crippen molar-refractivity contribution in [3.8, 4) is 0 Å². The second-order valence-electron chi connectivity index (χ2n) is 2.98. The Bertz CT molecular complexity index is 385. The van der Waals surface area contributed by atoms with Crippen molar-refractivity contribution in [3.63, 3.8) is 0 Å². The van der Waals surface area contributed by atoms with E-state index in [1.807, 2.05) is 0 Å². The number of halogens is 3. The van der Waals surface area contributed by atoms with E-state index in [1.165, 1.54) is 6.20 Å². The van der Waals surface area contributed by atoms with Crippen molar-refractivity contribution in [1.29, 1.82) is 0 Å². The zero-order valence-corrected chi connectivity index (χ0v) is 10.1. The van der Waals surface area contributed by atoms with Crippen LogP contribution in [0.1, 0.15) is 24.5 Å². The first-order chi connectivity index (χ1) is 7.56. The van der Waals surface area contributed by atoms with Crippen LogP contribution in [-0.4, -0.2) is 17.6 Å². The van der Waals surface area contributed by atoms with E-state index in [0.717, 1.165) is 6.20 Å². The minimum Gasteiger partial charge on any atom is -0.466 e. The highest BCUT2D eigenvalue weighted by Gasteiger charge is 2.16. The van der Waals surface area contributed by atoms with Gasteiger partial charge in [0, 0.05) is 16.9 Å². The Hall–Kier alpha value is -1.04. The molecule has 0 spiro atoms. The fourth-order valence-corrected chi connectivity index (χ4v) is 1.67. The fraction of sp³-hybridized carbons (Fsp3) is 0.400. The third kappa shape index (κ3) is 3.23. The maximum Gasteiger partial charge on any atom is 0.310 e. The van der Waals surface area contributed by atoms with Gasteiger partial charge in [0.05, 0.1) is 18.6 Å². The molecule has 0 aromatic carbocycles. The van der Waals surface area contributed by atoms with Crippen molar-refractivity contribution in [2.75, 3.05) is 6.61 Å². The number of hydrogen-bond acceptors (Lipinski definition) is 3. The predicted molar refractivity (Wildman–Crippen MR) is 57.2 cm³/mol. The van der Waals surface area contributed by atoms with Crippen LogP contribution >= 0.6 is 15.9 Å². The smallest absolute Gasteiger partial charge is 0.310 e. The van der Waals surface area contributed by atoms with Crippen molar-refractivity contribution >= 4 is 21.9 Å². The lowest BCUT2D eigenvalue weighted by molar-refractivity contribution is -0.142. The summed E-state index contributed by atoms with van der Waals surface area (Å²) in [6, 6.07) is 0. The van der Waals surface area contributed by atoms with Crippen LogP contribution in [0.25, 0.3) is 0 Å². The van der Waals surface area contributed by atoms with Crippen molar-refractivity contribution in [1.82, 2.24) is 4.98 Å². The average Bonchev–Trinajstić information content (AvgIpc) is 2.21. The molecule has 1 heterocycles. The van der Waals surface area contributed by atoms with E-state index in [9.17, 15) is 13.6 Å². The highest BCUT2D eigenvalue weighted by atomic mass is 79.9. The Labute approximate surface area is 99.9 Å². The van der Waals surface area contributed by atoms with Gasteiger partial charge in [-0.2, -0.15) is 0 Å². The largest absolute Gasteiger partial charge is 0.466 e. The van der Waals surface area contributed by atoms with Crippen LogP contribution in [0.2, 0.25) is 0 Å². The van der Waals surface area contributed by atoms with Gasteiger partial charge in [-0.15, -0.1) is 0 Å². The molecule has 1 rings (SSSR count). The number of hydrogen-bond donors (Lipinski definition) is 0. The SMILES string of the molecule is CCOC(=O)Cc1cncc(C(F)F)c1Br. The number of rotatable bonds is 4. The molecular formula is C10H10BrF2NO2. The normalized spacial score (nSPS) is 10.6. The lowest BCUT2D eigenvalue weighted by Gasteiger charge is -2.08. The summed E-state index contributed by atoms with van der Waals surface area (Å²) in [7, 11) is 0. The fourth-order valence-electron chi connectivity index (χ4n) is 1.15. The Kier molecular flexibility index (Phi) is 4.79. The molecule has 0 aliphatic heterocycles. The summed E-state index contributed by atoms with van der Waals surface area (Å²) in [5, 5.41) is 0. The highest BCUT2D eigenvalue weighted by Crippen LogP contribution is 2.29. The van der Waals surface area contributed by atoms with Crippen molar-refractivity contribution in [2.24, 2.45) is 0 Å². The summed E-state index contributed by atoms with van der Waals surface area (Å²) >= 11 is 3.03. The zero-order chi connectivity index (χ0) is 12.1. The number of nitrogens with zero attached hydrogens (tertiary/aromatic N) is 1. The molecule has 0 aliphatic rings. The van der Waals surface area contributed by atoms with E-state index < -0.39 is 12.4 Å². The molecular weight excluding hydrogens is 284 g/mol. The van der Waals surface area contributed by atoms with Crippen LogP contribution in [0.4, 0.5) is 8.78 Å². The van der Waals surface area contributed by atoms with E-state index in [0.29, 0.717) is 5.56 Å². The summed E-state index contributed by atoms with van der Waals surface area (Å²) in [4.78, 5) is 14.8. The summed E-state index contributed by atoms with van der Waals surface area (Å²) < 4.78 is 30.0. The summed E-state index contributed by atoms with van der Waals surface area (Å²) in [6.07, 6.45) is -0.248. The van der Waals surface area contributed by atoms with Crippen LogP contribution in [0.3, 0.4) is 0 Å². The van der Waals surface area contributed by atoms with Crippen molar-refractivity contribution in [3.05, 3.63) is 28.0 Å². The van der Waals surface area contributed by atoms with Gasteiger partial charge < -0.3 is 4.74 Å². The molecule has 0 saturated heterocycles. The minimum atomic E-state index is -2.62. The van der Waals surface area contributed by atoms with Crippen LogP contribution in [0.15, 0.2) is 16.9 Å². The predicted octanol–water partition coefficient (Wildman–Crippen LogP) is 2.89. The molecule has 0 fully saturated rings. The molecule has 1 aromatic heterocycles. The monoisotopic (exact) mass is 293 g/mol. The zero-order valence-electron chi connectivity index (χ0n) is 8.54. The van der Waals surface area contributed by atoms with Gasteiger partial charge in [-0.25, -0.2) is 8.78 Å². The molecule has 16 heavy (non-hydrogen) atoms. The van der Waals surface area contributed by atoms with Crippen LogP contribution < -0.4 is 0 Å². The van der Waals surface area contributed by atoms with Gasteiger partial charge in [-0.05, 0) is 28.4 Å². The summed E-state index contributed by atoms with van der Waals surface area (Å²) in [5.41, 5.74) is 0.179. The molecule has 0 amide bonds. The first-order valence-electron chi connectivity index (χ1n) is 4.62.